The average Bonchev–Trinajstić information content (AvgIpc) is 2.34. The molecule has 0 aliphatic heterocycles. The number of rotatable bonds is 6. The molecule has 0 saturated carbocycles. The third-order valence-corrected chi connectivity index (χ3v) is 2.31. The number of carboxylic acid groups (broad SMARTS) is 2. The van der Waals surface area contributed by atoms with Crippen LogP contribution in [0.25, 0.3) is 0 Å². The number of carbonyl (C=O) groups is 3. The Hall–Kier alpha value is -2.64. The van der Waals surface area contributed by atoms with Crippen molar-refractivity contribution in [3.8, 4) is 0 Å². The topological polar surface area (TPSA) is 137 Å². The number of aromatic amines is 1. The normalized spacial score (nSPS) is 11.6. The Morgan fingerprint density at radius 1 is 1.32 bits per heavy atom. The summed E-state index contributed by atoms with van der Waals surface area (Å²) in [5.41, 5.74) is -0.883. The number of carboxylic acids is 2. The summed E-state index contributed by atoms with van der Waals surface area (Å²) in [6.07, 6.45) is 0.668. The number of H-pyrrole nitrogens is 1. The number of pyridine rings is 1. The van der Waals surface area contributed by atoms with Crippen LogP contribution in [0.15, 0.2) is 23.1 Å². The van der Waals surface area contributed by atoms with Crippen LogP contribution in [0.1, 0.15) is 23.2 Å². The minimum atomic E-state index is -1.36. The van der Waals surface area contributed by atoms with E-state index in [-0.39, 0.29) is 12.0 Å². The van der Waals surface area contributed by atoms with E-state index in [0.29, 0.717) is 0 Å². The lowest BCUT2D eigenvalue weighted by Crippen LogP contribution is -2.42. The molecule has 0 aromatic carbocycles. The first-order valence-electron chi connectivity index (χ1n) is 5.35. The van der Waals surface area contributed by atoms with E-state index in [0.717, 1.165) is 0 Å². The molecule has 1 aromatic heterocycles. The monoisotopic (exact) mass is 268 g/mol. The molecule has 0 aliphatic carbocycles. The van der Waals surface area contributed by atoms with Gasteiger partial charge in [0.05, 0.1) is 0 Å². The van der Waals surface area contributed by atoms with Crippen molar-refractivity contribution >= 4 is 17.8 Å². The number of carbonyl (C=O) groups excluding carboxylic acids is 1. The Kier molecular flexibility index (Phi) is 4.81. The Labute approximate surface area is 107 Å². The van der Waals surface area contributed by atoms with Crippen LogP contribution in [0.2, 0.25) is 0 Å². The quantitative estimate of drug-likeness (QED) is 0.545. The molecule has 0 fully saturated rings. The second kappa shape index (κ2) is 6.34. The summed E-state index contributed by atoms with van der Waals surface area (Å²) in [5, 5.41) is 19.4. The highest BCUT2D eigenvalue weighted by Gasteiger charge is 2.22. The van der Waals surface area contributed by atoms with E-state index in [4.69, 9.17) is 10.2 Å². The Morgan fingerprint density at radius 2 is 2.00 bits per heavy atom. The summed E-state index contributed by atoms with van der Waals surface area (Å²) < 4.78 is 0. The van der Waals surface area contributed by atoms with Crippen molar-refractivity contribution in [2.45, 2.75) is 18.9 Å². The zero-order chi connectivity index (χ0) is 14.4. The minimum Gasteiger partial charge on any atom is -0.481 e. The number of aliphatic carboxylic acids is 2. The van der Waals surface area contributed by atoms with Crippen molar-refractivity contribution in [2.75, 3.05) is 0 Å². The Bertz CT molecular complexity index is 550. The van der Waals surface area contributed by atoms with Gasteiger partial charge in [-0.1, -0.05) is 0 Å². The van der Waals surface area contributed by atoms with E-state index in [1.807, 2.05) is 0 Å². The van der Waals surface area contributed by atoms with E-state index in [1.165, 1.54) is 18.3 Å². The first-order chi connectivity index (χ1) is 8.91. The van der Waals surface area contributed by atoms with E-state index in [1.54, 1.807) is 0 Å². The van der Waals surface area contributed by atoms with E-state index in [9.17, 15) is 19.2 Å². The number of hydrogen-bond acceptors (Lipinski definition) is 4. The van der Waals surface area contributed by atoms with Crippen LogP contribution < -0.4 is 10.9 Å². The largest absolute Gasteiger partial charge is 0.481 e. The number of hydrogen-bond donors (Lipinski definition) is 4. The van der Waals surface area contributed by atoms with Crippen molar-refractivity contribution < 1.29 is 24.6 Å². The maximum Gasteiger partial charge on any atom is 0.326 e. The van der Waals surface area contributed by atoms with E-state index < -0.39 is 35.9 Å². The SMILES string of the molecule is O=C(O)CCC(NC(=O)c1ccc[nH]c1=O)C(=O)O. The number of amides is 1. The van der Waals surface area contributed by atoms with Crippen LogP contribution in [-0.2, 0) is 9.59 Å². The van der Waals surface area contributed by atoms with E-state index >= 15 is 0 Å². The number of nitrogens with one attached hydrogen (secondary N) is 2. The molecular weight excluding hydrogens is 256 g/mol. The molecule has 0 saturated heterocycles. The Morgan fingerprint density at radius 3 is 2.53 bits per heavy atom. The van der Waals surface area contributed by atoms with E-state index in [2.05, 4.69) is 10.3 Å². The summed E-state index contributed by atoms with van der Waals surface area (Å²) in [6, 6.07) is 1.30. The van der Waals surface area contributed by atoms with Crippen LogP contribution in [0.4, 0.5) is 0 Å². The van der Waals surface area contributed by atoms with Crippen molar-refractivity contribution in [1.82, 2.24) is 10.3 Å². The molecule has 1 aromatic rings. The molecule has 0 spiro atoms. The highest BCUT2D eigenvalue weighted by molar-refractivity contribution is 5.96. The first kappa shape index (κ1) is 14.4. The zero-order valence-electron chi connectivity index (χ0n) is 9.75. The molecule has 0 aliphatic rings. The van der Waals surface area contributed by atoms with Gasteiger partial charge in [0.15, 0.2) is 0 Å². The third-order valence-electron chi connectivity index (χ3n) is 2.31. The average molecular weight is 268 g/mol. The lowest BCUT2D eigenvalue weighted by molar-refractivity contribution is -0.140. The van der Waals surface area contributed by atoms with Gasteiger partial charge in [-0.3, -0.25) is 14.4 Å². The summed E-state index contributed by atoms with van der Waals surface area (Å²) in [6.45, 7) is 0. The molecule has 8 nitrogen and oxygen atoms in total. The van der Waals surface area contributed by atoms with Gasteiger partial charge in [0.2, 0.25) is 0 Å². The van der Waals surface area contributed by atoms with Crippen LogP contribution in [0, 0.1) is 0 Å². The second-order valence-corrected chi connectivity index (χ2v) is 3.71. The lowest BCUT2D eigenvalue weighted by atomic mass is 10.1. The van der Waals surface area contributed by atoms with Gasteiger partial charge in [0.25, 0.3) is 11.5 Å². The van der Waals surface area contributed by atoms with Gasteiger partial charge in [-0.05, 0) is 18.6 Å². The summed E-state index contributed by atoms with van der Waals surface area (Å²) >= 11 is 0. The molecule has 19 heavy (non-hydrogen) atoms. The summed E-state index contributed by atoms with van der Waals surface area (Å²) in [7, 11) is 0. The van der Waals surface area contributed by atoms with Gasteiger partial charge in [0, 0.05) is 12.6 Å². The predicted molar refractivity (Wildman–Crippen MR) is 62.8 cm³/mol. The predicted octanol–water partition coefficient (Wildman–Crippen LogP) is -0.577. The summed E-state index contributed by atoms with van der Waals surface area (Å²) in [4.78, 5) is 46.5. The summed E-state index contributed by atoms with van der Waals surface area (Å²) in [5.74, 6) is -3.39. The van der Waals surface area contributed by atoms with Gasteiger partial charge in [-0.25, -0.2) is 4.79 Å². The van der Waals surface area contributed by atoms with Crippen LogP contribution >= 0.6 is 0 Å². The third kappa shape index (κ3) is 4.26. The van der Waals surface area contributed by atoms with Crippen LogP contribution in [0.5, 0.6) is 0 Å². The lowest BCUT2D eigenvalue weighted by Gasteiger charge is -2.12. The highest BCUT2D eigenvalue weighted by Crippen LogP contribution is 2.00. The van der Waals surface area contributed by atoms with Crippen molar-refractivity contribution in [3.63, 3.8) is 0 Å². The molecule has 102 valence electrons. The molecule has 1 unspecified atom stereocenters. The molecule has 8 heteroatoms. The molecule has 1 amide bonds. The van der Waals surface area contributed by atoms with Crippen molar-refractivity contribution in [3.05, 3.63) is 34.2 Å². The highest BCUT2D eigenvalue weighted by atomic mass is 16.4. The van der Waals surface area contributed by atoms with Crippen LogP contribution in [-0.4, -0.2) is 39.1 Å². The second-order valence-electron chi connectivity index (χ2n) is 3.71. The van der Waals surface area contributed by atoms with Gasteiger partial charge < -0.3 is 20.5 Å². The standard InChI is InChI=1S/C11H12N2O6/c14-8(15)4-3-7(11(18)19)13-10(17)6-2-1-5-12-9(6)16/h1-2,5,7H,3-4H2,(H,12,16)(H,13,17)(H,14,15)(H,18,19). The van der Waals surface area contributed by atoms with Crippen molar-refractivity contribution in [2.24, 2.45) is 0 Å². The molecule has 1 heterocycles. The van der Waals surface area contributed by atoms with Crippen molar-refractivity contribution in [1.29, 1.82) is 0 Å². The minimum absolute atomic E-state index is 0.232. The Balaban J connectivity index is 2.77. The fraction of sp³-hybridized carbons (Fsp3) is 0.273. The van der Waals surface area contributed by atoms with Gasteiger partial charge in [0.1, 0.15) is 11.6 Å². The molecular formula is C11H12N2O6. The van der Waals surface area contributed by atoms with Gasteiger partial charge in [-0.15, -0.1) is 0 Å². The fourth-order valence-corrected chi connectivity index (χ4v) is 1.36. The van der Waals surface area contributed by atoms with Crippen LogP contribution in [0.3, 0.4) is 0 Å². The molecule has 0 bridgehead atoms. The smallest absolute Gasteiger partial charge is 0.326 e. The number of aromatic nitrogens is 1. The zero-order valence-corrected chi connectivity index (χ0v) is 9.75. The maximum absolute atomic E-state index is 11.7. The maximum atomic E-state index is 11.7. The molecule has 0 radical (unpaired) electrons. The molecule has 1 atom stereocenters. The first-order valence-corrected chi connectivity index (χ1v) is 5.35. The molecule has 4 N–H and O–H groups in total. The van der Waals surface area contributed by atoms with Gasteiger partial charge >= 0.3 is 11.9 Å². The van der Waals surface area contributed by atoms with Gasteiger partial charge in [-0.2, -0.15) is 0 Å². The fourth-order valence-electron chi connectivity index (χ4n) is 1.36. The molecule has 1 rings (SSSR count).